The van der Waals surface area contributed by atoms with Crippen LogP contribution in [0, 0.1) is 0 Å². The molecule has 22 nitrogen and oxygen atoms in total. The van der Waals surface area contributed by atoms with E-state index in [-0.39, 0.29) is 0 Å². The van der Waals surface area contributed by atoms with Crippen molar-refractivity contribution in [2.24, 2.45) is 17.2 Å². The van der Waals surface area contributed by atoms with Crippen molar-refractivity contribution in [2.45, 2.75) is 129 Å². The molecule has 0 aromatic rings. The van der Waals surface area contributed by atoms with Crippen LogP contribution in [0.2, 0.25) is 0 Å². The average molecular weight is 733 g/mol. The van der Waals surface area contributed by atoms with Crippen LogP contribution in [0.15, 0.2) is 0 Å². The molecule has 0 radical (unpaired) electrons. The van der Waals surface area contributed by atoms with E-state index in [9.17, 15) is 45.6 Å². The van der Waals surface area contributed by atoms with Crippen LogP contribution in [0.4, 0.5) is 0 Å². The zero-order chi connectivity index (χ0) is 37.0. The molecule has 292 valence electrons. The number of hydrogen-bond acceptors (Lipinski definition) is 21. The molecule has 0 aromatic heterocycles. The van der Waals surface area contributed by atoms with Crippen LogP contribution in [0.25, 0.3) is 0 Å². The smallest absolute Gasteiger partial charge is 0.217 e. The summed E-state index contributed by atoms with van der Waals surface area (Å²) in [5.41, 5.74) is 18.4. The third-order valence-corrected chi connectivity index (χ3v) is 9.30. The SMILES string of the molecule is COC1OC(CO)C(O[C@@H]2O[C@@H](CO)C(OC3OC(CO)C(O[C@@H]4O[C@@H](CO)C(OC)C(O)C4N)C(O)C3NC(C)=O)C(O)C2N)C(O)C1N. The number of ether oxygens (including phenoxy) is 9. The molecule has 16 unspecified atom stereocenters. The number of carbonyl (C=O) groups excluding carboxylic acids is 1. The summed E-state index contributed by atoms with van der Waals surface area (Å²) < 4.78 is 51.0. The number of methoxy groups -OCH3 is 2. The molecule has 0 spiro atoms. The molecule has 4 heterocycles. The average Bonchev–Trinajstić information content (AvgIpc) is 3.10. The van der Waals surface area contributed by atoms with Gasteiger partial charge in [-0.05, 0) is 0 Å². The number of aliphatic hydroxyl groups excluding tert-OH is 8. The Balaban J connectivity index is 1.51. The lowest BCUT2D eigenvalue weighted by molar-refractivity contribution is -0.360. The molecule has 0 bridgehead atoms. The zero-order valence-corrected chi connectivity index (χ0v) is 27.8. The van der Waals surface area contributed by atoms with Crippen LogP contribution in [-0.2, 0) is 47.4 Å². The van der Waals surface area contributed by atoms with Gasteiger partial charge in [-0.1, -0.05) is 0 Å². The topological polar surface area (TPSA) is 352 Å². The summed E-state index contributed by atoms with van der Waals surface area (Å²) in [7, 11) is 2.59. The van der Waals surface area contributed by atoms with E-state index in [2.05, 4.69) is 5.32 Å². The summed E-state index contributed by atoms with van der Waals surface area (Å²) in [5.74, 6) is -0.651. The highest BCUT2D eigenvalue weighted by Gasteiger charge is 2.55. The molecule has 0 saturated carbocycles. The first-order valence-corrected chi connectivity index (χ1v) is 16.1. The number of carbonyl (C=O) groups is 1. The molecular formula is C28H52N4O18. The fraction of sp³-hybridized carbons (Fsp3) is 0.964. The van der Waals surface area contributed by atoms with Crippen molar-refractivity contribution in [3.8, 4) is 0 Å². The van der Waals surface area contributed by atoms with Gasteiger partial charge in [-0.2, -0.15) is 0 Å². The van der Waals surface area contributed by atoms with Crippen LogP contribution in [0.1, 0.15) is 6.92 Å². The number of nitrogens with one attached hydrogen (secondary N) is 1. The predicted molar refractivity (Wildman–Crippen MR) is 161 cm³/mol. The Morgan fingerprint density at radius 2 is 0.900 bits per heavy atom. The first-order chi connectivity index (χ1) is 23.8. The van der Waals surface area contributed by atoms with Crippen molar-refractivity contribution in [3.63, 3.8) is 0 Å². The minimum absolute atomic E-state index is 0.579. The Kier molecular flexibility index (Phi) is 15.0. The highest BCUT2D eigenvalue weighted by atomic mass is 16.8. The van der Waals surface area contributed by atoms with Crippen LogP contribution >= 0.6 is 0 Å². The third-order valence-electron chi connectivity index (χ3n) is 9.30. The van der Waals surface area contributed by atoms with Gasteiger partial charge >= 0.3 is 0 Å². The summed E-state index contributed by atoms with van der Waals surface area (Å²) in [4.78, 5) is 12.2. The monoisotopic (exact) mass is 732 g/mol. The summed E-state index contributed by atoms with van der Waals surface area (Å²) in [6, 6.07) is -5.21. The Hall–Kier alpha value is -1.33. The van der Waals surface area contributed by atoms with E-state index < -0.39 is 155 Å². The molecule has 4 fully saturated rings. The second-order valence-electron chi connectivity index (χ2n) is 12.6. The lowest BCUT2D eigenvalue weighted by Gasteiger charge is -2.50. The first-order valence-electron chi connectivity index (χ1n) is 16.1. The standard InChI is InChI=1S/C28H52N4O18/c1-8(37)32-16-20(41)24(49-26-14(30)17(38)21(42-2)9(4-33)45-26)12(7-36)47-28(16)50-23-11(6-35)46-27(15(31)19(23)40)48-22-10(5-34)44-25(43-3)13(29)18(22)39/h9-28,33-36,38-41H,4-7,29-31H2,1-3H3,(H,32,37)/t9-,10?,11-,12?,13?,14?,15?,16?,17?,18?,19?,20?,21?,22?,23?,24?,25?,26-,27-,28?/m0/s1. The fourth-order valence-corrected chi connectivity index (χ4v) is 6.55. The lowest BCUT2D eigenvalue weighted by atomic mass is 9.93. The maximum atomic E-state index is 12.2. The van der Waals surface area contributed by atoms with Gasteiger partial charge in [0.2, 0.25) is 5.91 Å². The predicted octanol–water partition coefficient (Wildman–Crippen LogP) is -8.40. The minimum atomic E-state index is -1.71. The second-order valence-corrected chi connectivity index (χ2v) is 12.6. The molecule has 4 aliphatic heterocycles. The Morgan fingerprint density at radius 3 is 1.30 bits per heavy atom. The van der Waals surface area contributed by atoms with Crippen molar-refractivity contribution in [3.05, 3.63) is 0 Å². The zero-order valence-electron chi connectivity index (χ0n) is 27.8. The van der Waals surface area contributed by atoms with Gasteiger partial charge in [0, 0.05) is 21.1 Å². The number of amides is 1. The van der Waals surface area contributed by atoms with Gasteiger partial charge in [0.05, 0.1) is 44.6 Å². The minimum Gasteiger partial charge on any atom is -0.394 e. The summed E-state index contributed by atoms with van der Waals surface area (Å²) in [6.45, 7) is -1.62. The maximum Gasteiger partial charge on any atom is 0.217 e. The highest BCUT2D eigenvalue weighted by molar-refractivity contribution is 5.73. The van der Waals surface area contributed by atoms with Crippen LogP contribution in [-0.4, -0.2) is 210 Å². The van der Waals surface area contributed by atoms with Crippen LogP contribution in [0.5, 0.6) is 0 Å². The molecule has 4 saturated heterocycles. The van der Waals surface area contributed by atoms with Gasteiger partial charge in [0.1, 0.15) is 79.3 Å². The van der Waals surface area contributed by atoms with E-state index in [0.717, 1.165) is 6.92 Å². The number of nitrogens with two attached hydrogens (primary N) is 3. The lowest BCUT2D eigenvalue weighted by Crippen LogP contribution is -2.71. The molecule has 1 amide bonds. The molecule has 50 heavy (non-hydrogen) atoms. The van der Waals surface area contributed by atoms with E-state index in [1.54, 1.807) is 0 Å². The largest absolute Gasteiger partial charge is 0.394 e. The molecule has 15 N–H and O–H groups in total. The van der Waals surface area contributed by atoms with Gasteiger partial charge in [-0.3, -0.25) is 4.79 Å². The van der Waals surface area contributed by atoms with Crippen molar-refractivity contribution < 1.29 is 88.3 Å². The van der Waals surface area contributed by atoms with Gasteiger partial charge in [-0.15, -0.1) is 0 Å². The fourth-order valence-electron chi connectivity index (χ4n) is 6.55. The number of aliphatic hydroxyl groups is 8. The molecular weight excluding hydrogens is 680 g/mol. The van der Waals surface area contributed by atoms with Gasteiger partial charge in [-0.25, -0.2) is 0 Å². The van der Waals surface area contributed by atoms with Crippen molar-refractivity contribution in [1.82, 2.24) is 5.32 Å². The van der Waals surface area contributed by atoms with Gasteiger partial charge in [0.15, 0.2) is 25.2 Å². The first kappa shape index (κ1) is 41.4. The normalized spacial score (nSPS) is 48.7. The maximum absolute atomic E-state index is 12.2. The Morgan fingerprint density at radius 1 is 0.560 bits per heavy atom. The van der Waals surface area contributed by atoms with Crippen molar-refractivity contribution >= 4 is 5.91 Å². The van der Waals surface area contributed by atoms with E-state index >= 15 is 0 Å². The molecule has 22 heteroatoms. The Labute approximate surface area is 287 Å². The van der Waals surface area contributed by atoms with Crippen molar-refractivity contribution in [2.75, 3.05) is 40.6 Å². The quantitative estimate of drug-likeness (QED) is 0.0836. The summed E-state index contributed by atoms with van der Waals surface area (Å²) in [6.07, 6.45) is -22.1. The van der Waals surface area contributed by atoms with Crippen LogP contribution in [0.3, 0.4) is 0 Å². The van der Waals surface area contributed by atoms with E-state index in [1.165, 1.54) is 14.2 Å². The summed E-state index contributed by atoms with van der Waals surface area (Å²) in [5, 5.41) is 86.7. The second kappa shape index (κ2) is 18.1. The molecule has 4 aliphatic rings. The highest BCUT2D eigenvalue weighted by Crippen LogP contribution is 2.34. The molecule has 0 aromatic carbocycles. The van der Waals surface area contributed by atoms with Gasteiger partial charge < -0.3 is 106 Å². The van der Waals surface area contributed by atoms with E-state index in [0.29, 0.717) is 0 Å². The van der Waals surface area contributed by atoms with Gasteiger partial charge in [0.25, 0.3) is 0 Å². The summed E-state index contributed by atoms with van der Waals surface area (Å²) >= 11 is 0. The van der Waals surface area contributed by atoms with E-state index in [1.807, 2.05) is 0 Å². The van der Waals surface area contributed by atoms with Crippen LogP contribution < -0.4 is 22.5 Å². The number of rotatable bonds is 13. The molecule has 0 aliphatic carbocycles. The number of hydrogen-bond donors (Lipinski definition) is 12. The molecule has 20 atom stereocenters. The molecule has 4 rings (SSSR count). The third kappa shape index (κ3) is 8.55. The Bertz CT molecular complexity index is 1070. The van der Waals surface area contributed by atoms with Crippen molar-refractivity contribution in [1.29, 1.82) is 0 Å². The van der Waals surface area contributed by atoms with E-state index in [4.69, 9.17) is 59.8 Å².